The number of anilines is 1. The molecule has 10 atom stereocenters. The van der Waals surface area contributed by atoms with E-state index in [-0.39, 0.29) is 11.3 Å². The van der Waals surface area contributed by atoms with Crippen LogP contribution in [0.5, 0.6) is 11.6 Å². The summed E-state index contributed by atoms with van der Waals surface area (Å²) in [6, 6.07) is 17.0. The van der Waals surface area contributed by atoms with E-state index in [0.29, 0.717) is 29.1 Å². The third kappa shape index (κ3) is 7.22. The molecule has 12 heteroatoms. The summed E-state index contributed by atoms with van der Waals surface area (Å²) in [5.74, 6) is 1.70. The first kappa shape index (κ1) is 38.5. The molecule has 0 spiro atoms. The molecule has 8 rings (SSSR count). The van der Waals surface area contributed by atoms with Crippen LogP contribution in [-0.4, -0.2) is 93.1 Å². The van der Waals surface area contributed by atoms with E-state index in [0.717, 1.165) is 95.8 Å². The summed E-state index contributed by atoms with van der Waals surface area (Å²) in [7, 11) is 0. The fourth-order valence-electron chi connectivity index (χ4n) is 11.0. The predicted molar refractivity (Wildman–Crippen MR) is 201 cm³/mol. The van der Waals surface area contributed by atoms with Crippen LogP contribution in [0.15, 0.2) is 60.7 Å². The highest BCUT2D eigenvalue weighted by Gasteiger charge is 2.61. The van der Waals surface area contributed by atoms with Crippen LogP contribution in [0.25, 0.3) is 0 Å². The van der Waals surface area contributed by atoms with Crippen molar-refractivity contribution >= 4 is 5.69 Å². The molecule has 4 N–H and O–H groups in total. The first-order valence-corrected chi connectivity index (χ1v) is 20.1. The Kier molecular flexibility index (Phi) is 10.4. The third-order valence-corrected chi connectivity index (χ3v) is 14.2. The summed E-state index contributed by atoms with van der Waals surface area (Å²) in [6.07, 6.45) is -2.10. The number of ether oxygens (including phenoxy) is 2. The molecule has 2 aliphatic heterocycles. The zero-order valence-electron chi connectivity index (χ0n) is 31.7. The largest absolute Gasteiger partial charge is 0.508 e. The van der Waals surface area contributed by atoms with Crippen LogP contribution < -0.4 is 9.64 Å². The van der Waals surface area contributed by atoms with Gasteiger partial charge in [0.1, 0.15) is 29.8 Å². The number of rotatable bonds is 8. The average molecular weight is 766 g/mol. The van der Waals surface area contributed by atoms with Gasteiger partial charge in [-0.1, -0.05) is 31.2 Å². The van der Waals surface area contributed by atoms with E-state index < -0.39 is 48.0 Å². The second-order valence-electron chi connectivity index (χ2n) is 17.0. The quantitative estimate of drug-likeness (QED) is 0.201. The number of aliphatic hydroxyl groups excluding tert-OH is 2. The second-order valence-corrected chi connectivity index (χ2v) is 17.0. The van der Waals surface area contributed by atoms with E-state index in [1.807, 2.05) is 36.4 Å². The first-order chi connectivity index (χ1) is 26.2. The molecule has 3 heterocycles. The number of hydrogen-bond acceptors (Lipinski definition) is 9. The molecule has 2 saturated carbocycles. The van der Waals surface area contributed by atoms with Crippen LogP contribution in [0, 0.1) is 17.3 Å². The smallest absolute Gasteiger partial charge is 0.433 e. The normalized spacial score (nSPS) is 35.2. The van der Waals surface area contributed by atoms with Gasteiger partial charge in [0.2, 0.25) is 5.88 Å². The van der Waals surface area contributed by atoms with E-state index in [9.17, 15) is 33.6 Å². The van der Waals surface area contributed by atoms with Gasteiger partial charge in [-0.2, -0.15) is 13.2 Å². The van der Waals surface area contributed by atoms with Crippen LogP contribution in [0.2, 0.25) is 0 Å². The van der Waals surface area contributed by atoms with Gasteiger partial charge >= 0.3 is 6.18 Å². The zero-order valence-corrected chi connectivity index (χ0v) is 31.7. The number of halogens is 3. The number of aliphatic hydroxyl groups is 3. The van der Waals surface area contributed by atoms with Crippen molar-refractivity contribution in [2.24, 2.45) is 17.3 Å². The Morgan fingerprint density at radius 1 is 0.945 bits per heavy atom. The summed E-state index contributed by atoms with van der Waals surface area (Å²) < 4.78 is 51.8. The number of phenols is 1. The molecule has 5 aliphatic rings. The molecule has 3 aliphatic carbocycles. The van der Waals surface area contributed by atoms with Crippen molar-refractivity contribution in [3.63, 3.8) is 0 Å². The summed E-state index contributed by atoms with van der Waals surface area (Å²) >= 11 is 0. The summed E-state index contributed by atoms with van der Waals surface area (Å²) in [5, 5.41) is 43.8. The number of nitrogens with zero attached hydrogens (tertiary/aromatic N) is 3. The van der Waals surface area contributed by atoms with Crippen LogP contribution in [-0.2, 0) is 17.3 Å². The Hall–Kier alpha value is -3.42. The predicted octanol–water partition coefficient (Wildman–Crippen LogP) is 6.62. The summed E-state index contributed by atoms with van der Waals surface area (Å²) in [4.78, 5) is 8.39. The molecule has 9 nitrogen and oxygen atoms in total. The lowest BCUT2D eigenvalue weighted by molar-refractivity contribution is -0.213. The molecule has 3 aromatic rings. The van der Waals surface area contributed by atoms with E-state index in [4.69, 9.17) is 9.47 Å². The standard InChI is InChI=1S/C43H54F3N3O6/c1-26-37(51)38(52)40(55-36-6-3-5-35(47-36)43(44,45)46)39(54-26)27-7-10-29(11-8-27)49-23-21-48(22-24-49)20-4-17-42(53)19-16-34-33-13-9-28-25-30(50)12-14-31(28)32(33)15-18-41(34,42)2/h3,5-8,10-12,14,25-26,32-34,37-40,50-53H,4,9,13,15-24H2,1-2H3/t26-,32-,33-,34+,37+,38+,39+,40-,41+,42+/m1/s1. The third-order valence-electron chi connectivity index (χ3n) is 14.2. The molecule has 2 aromatic carbocycles. The molecule has 0 radical (unpaired) electrons. The minimum absolute atomic E-state index is 0.0622. The maximum absolute atomic E-state index is 13.3. The fourth-order valence-corrected chi connectivity index (χ4v) is 11.0. The number of fused-ring (bicyclic) bond motifs is 5. The van der Waals surface area contributed by atoms with E-state index in [2.05, 4.69) is 27.8 Å². The highest BCUT2D eigenvalue weighted by Crippen LogP contribution is 2.65. The number of piperazine rings is 1. The van der Waals surface area contributed by atoms with Gasteiger partial charge in [0.05, 0.1) is 11.7 Å². The number of pyridine rings is 1. The molecular formula is C43H54F3N3O6. The molecule has 0 amide bonds. The number of benzene rings is 2. The van der Waals surface area contributed by atoms with Gasteiger partial charge in [0.25, 0.3) is 0 Å². The van der Waals surface area contributed by atoms with Crippen molar-refractivity contribution in [3.8, 4) is 11.6 Å². The number of aromatic nitrogens is 1. The topological polar surface area (TPSA) is 119 Å². The van der Waals surface area contributed by atoms with Crippen molar-refractivity contribution in [2.45, 2.75) is 113 Å². The number of aromatic hydroxyl groups is 1. The van der Waals surface area contributed by atoms with Crippen LogP contribution >= 0.6 is 0 Å². The van der Waals surface area contributed by atoms with Crippen molar-refractivity contribution in [3.05, 3.63) is 83.0 Å². The van der Waals surface area contributed by atoms with Crippen molar-refractivity contribution in [1.29, 1.82) is 0 Å². The maximum Gasteiger partial charge on any atom is 0.433 e. The molecular weight excluding hydrogens is 711 g/mol. The van der Waals surface area contributed by atoms with Gasteiger partial charge in [0.15, 0.2) is 6.10 Å². The van der Waals surface area contributed by atoms with Gasteiger partial charge in [-0.25, -0.2) is 4.98 Å². The van der Waals surface area contributed by atoms with Crippen molar-refractivity contribution < 1.29 is 43.1 Å². The molecule has 0 bridgehead atoms. The van der Waals surface area contributed by atoms with Gasteiger partial charge in [-0.05, 0) is 135 Å². The number of hydrogen-bond donors (Lipinski definition) is 4. The number of aryl methyl sites for hydroxylation is 1. The maximum atomic E-state index is 13.3. The molecule has 2 saturated heterocycles. The lowest BCUT2D eigenvalue weighted by Crippen LogP contribution is -2.55. The Labute approximate surface area is 321 Å². The Bertz CT molecular complexity index is 1820. The Morgan fingerprint density at radius 3 is 2.45 bits per heavy atom. The fraction of sp³-hybridized carbons (Fsp3) is 0.605. The van der Waals surface area contributed by atoms with Crippen LogP contribution in [0.1, 0.15) is 93.2 Å². The molecule has 1 aromatic heterocycles. The zero-order chi connectivity index (χ0) is 38.7. The molecule has 55 heavy (non-hydrogen) atoms. The van der Waals surface area contributed by atoms with E-state index in [1.165, 1.54) is 23.3 Å². The minimum Gasteiger partial charge on any atom is -0.508 e. The van der Waals surface area contributed by atoms with Crippen LogP contribution in [0.3, 0.4) is 0 Å². The number of phenolic OH excluding ortho intramolecular Hbond substituents is 1. The lowest BCUT2D eigenvalue weighted by atomic mass is 9.53. The monoisotopic (exact) mass is 765 g/mol. The molecule has 298 valence electrons. The number of alkyl halides is 3. The summed E-state index contributed by atoms with van der Waals surface area (Å²) in [6.45, 7) is 8.46. The minimum atomic E-state index is -4.66. The van der Waals surface area contributed by atoms with Gasteiger partial charge in [-0.15, -0.1) is 0 Å². The van der Waals surface area contributed by atoms with E-state index >= 15 is 0 Å². The van der Waals surface area contributed by atoms with Gasteiger partial charge in [-0.3, -0.25) is 4.90 Å². The Balaban J connectivity index is 0.848. The van der Waals surface area contributed by atoms with Crippen molar-refractivity contribution in [1.82, 2.24) is 9.88 Å². The van der Waals surface area contributed by atoms with Gasteiger partial charge in [0, 0.05) is 37.9 Å². The van der Waals surface area contributed by atoms with Crippen LogP contribution in [0.4, 0.5) is 18.9 Å². The average Bonchev–Trinajstić information content (AvgIpc) is 3.44. The van der Waals surface area contributed by atoms with Gasteiger partial charge < -0.3 is 34.8 Å². The molecule has 4 fully saturated rings. The molecule has 0 unspecified atom stereocenters. The lowest BCUT2D eigenvalue weighted by Gasteiger charge is -2.53. The SMILES string of the molecule is C[C@H]1O[C@@H](c2ccc(N3CCN(CCC[C@]4(O)CC[C@H]5[C@@H]6CCc7cc(O)ccc7[C@H]6CC[C@@]54C)CC3)cc2)[C@H](Oc2cccc(C(F)(F)F)n2)[C@@H](O)[C@H]1O. The highest BCUT2D eigenvalue weighted by molar-refractivity contribution is 5.49. The van der Waals surface area contributed by atoms with E-state index in [1.54, 1.807) is 6.92 Å². The summed E-state index contributed by atoms with van der Waals surface area (Å²) in [5.41, 5.74) is 2.61. The second kappa shape index (κ2) is 14.8. The highest BCUT2D eigenvalue weighted by atomic mass is 19.4. The Morgan fingerprint density at radius 2 is 1.71 bits per heavy atom. The first-order valence-electron chi connectivity index (χ1n) is 20.1. The van der Waals surface area contributed by atoms with Crippen molar-refractivity contribution in [2.75, 3.05) is 37.6 Å².